The standard InChI is InChI=1S/C24H24F4N2O4/c1-15(25)14-34-18-5-2-16(3-6-18)23(33)30-10-8-24(27,28)20(13-22(32)29-9-11-31)19-12-17(26)4-7-21(19)30/h2-7,12-13,15,31H,8-11,14H2,1H3,(H,29,32)/b20-13-/t15-/m1/s1. The van der Waals surface area contributed by atoms with Crippen molar-refractivity contribution in [3.63, 3.8) is 0 Å². The van der Waals surface area contributed by atoms with Gasteiger partial charge in [0.1, 0.15) is 24.3 Å². The number of allylic oxidation sites excluding steroid dienone is 1. The molecule has 1 atom stereocenters. The number of aliphatic hydroxyl groups excluding tert-OH is 1. The number of carbonyl (C=O) groups excluding carboxylic acids is 2. The highest BCUT2D eigenvalue weighted by atomic mass is 19.3. The summed E-state index contributed by atoms with van der Waals surface area (Å²) in [6.45, 7) is 0.270. The van der Waals surface area contributed by atoms with Crippen LogP contribution in [0, 0.1) is 5.82 Å². The first-order valence-electron chi connectivity index (χ1n) is 10.6. The summed E-state index contributed by atoms with van der Waals surface area (Å²) in [5, 5.41) is 11.1. The lowest BCUT2D eigenvalue weighted by atomic mass is 9.96. The Labute approximate surface area is 193 Å². The molecule has 2 N–H and O–H groups in total. The van der Waals surface area contributed by atoms with Gasteiger partial charge in [-0.3, -0.25) is 9.59 Å². The van der Waals surface area contributed by atoms with E-state index in [-0.39, 0.29) is 36.6 Å². The van der Waals surface area contributed by atoms with Gasteiger partial charge in [0.15, 0.2) is 0 Å². The third-order valence-electron chi connectivity index (χ3n) is 5.10. The number of carbonyl (C=O) groups is 2. The molecule has 3 rings (SSSR count). The second-order valence-corrected chi connectivity index (χ2v) is 7.76. The summed E-state index contributed by atoms with van der Waals surface area (Å²) in [6, 6.07) is 8.88. The van der Waals surface area contributed by atoms with Crippen LogP contribution in [0.25, 0.3) is 5.57 Å². The van der Waals surface area contributed by atoms with Crippen molar-refractivity contribution >= 4 is 23.1 Å². The van der Waals surface area contributed by atoms with Gasteiger partial charge in [-0.05, 0) is 49.4 Å². The van der Waals surface area contributed by atoms with Gasteiger partial charge in [0.2, 0.25) is 5.91 Å². The Bertz CT molecular complexity index is 1070. The number of nitrogens with one attached hydrogen (secondary N) is 1. The maximum atomic E-state index is 15.1. The Morgan fingerprint density at radius 1 is 1.24 bits per heavy atom. The number of halogens is 4. The number of hydrogen-bond donors (Lipinski definition) is 2. The molecule has 0 saturated heterocycles. The molecule has 10 heteroatoms. The lowest BCUT2D eigenvalue weighted by Crippen LogP contribution is -2.33. The molecule has 1 aliphatic rings. The zero-order valence-corrected chi connectivity index (χ0v) is 18.4. The van der Waals surface area contributed by atoms with Crippen molar-refractivity contribution in [1.82, 2.24) is 5.32 Å². The molecule has 34 heavy (non-hydrogen) atoms. The highest BCUT2D eigenvalue weighted by Crippen LogP contribution is 2.43. The lowest BCUT2D eigenvalue weighted by Gasteiger charge is -2.23. The van der Waals surface area contributed by atoms with E-state index in [2.05, 4.69) is 5.32 Å². The van der Waals surface area contributed by atoms with Crippen LogP contribution in [-0.2, 0) is 4.79 Å². The summed E-state index contributed by atoms with van der Waals surface area (Å²) in [4.78, 5) is 26.4. The highest BCUT2D eigenvalue weighted by molar-refractivity contribution is 6.09. The smallest absolute Gasteiger partial charge is 0.275 e. The number of ether oxygens (including phenoxy) is 1. The fourth-order valence-corrected chi connectivity index (χ4v) is 3.48. The predicted molar refractivity (Wildman–Crippen MR) is 118 cm³/mol. The molecule has 182 valence electrons. The SMILES string of the molecule is C[C@@H](F)COc1ccc(C(=O)N2CCC(F)(F)/C(=C\C(=O)NCCO)c3cc(F)ccc32)cc1. The number of amides is 2. The normalized spacial score (nSPS) is 17.0. The number of rotatable bonds is 7. The van der Waals surface area contributed by atoms with Crippen molar-refractivity contribution in [3.8, 4) is 5.75 Å². The van der Waals surface area contributed by atoms with Crippen molar-refractivity contribution in [1.29, 1.82) is 0 Å². The Hall–Kier alpha value is -3.40. The van der Waals surface area contributed by atoms with Crippen LogP contribution in [0.5, 0.6) is 5.75 Å². The molecule has 0 spiro atoms. The number of benzene rings is 2. The van der Waals surface area contributed by atoms with E-state index in [1.165, 1.54) is 37.3 Å². The minimum atomic E-state index is -3.53. The quantitative estimate of drug-likeness (QED) is 0.468. The molecule has 2 aromatic rings. The fraction of sp³-hybridized carbons (Fsp3) is 0.333. The van der Waals surface area contributed by atoms with Gasteiger partial charge in [-0.25, -0.2) is 17.6 Å². The van der Waals surface area contributed by atoms with Crippen molar-refractivity contribution in [2.24, 2.45) is 0 Å². The van der Waals surface area contributed by atoms with Crippen molar-refractivity contribution in [2.75, 3.05) is 31.2 Å². The zero-order valence-electron chi connectivity index (χ0n) is 18.4. The molecule has 1 aliphatic heterocycles. The molecule has 0 fully saturated rings. The van der Waals surface area contributed by atoms with Crippen molar-refractivity contribution in [2.45, 2.75) is 25.4 Å². The van der Waals surface area contributed by atoms with Gasteiger partial charge >= 0.3 is 0 Å². The number of alkyl halides is 3. The van der Waals surface area contributed by atoms with Crippen molar-refractivity contribution < 1.29 is 37.0 Å². The number of fused-ring (bicyclic) bond motifs is 1. The first-order chi connectivity index (χ1) is 16.1. The van der Waals surface area contributed by atoms with E-state index >= 15 is 8.78 Å². The van der Waals surface area contributed by atoms with Crippen LogP contribution in [-0.4, -0.2) is 55.3 Å². The number of hydrogen-bond acceptors (Lipinski definition) is 4. The van der Waals surface area contributed by atoms with Crippen LogP contribution in [0.1, 0.15) is 29.3 Å². The van der Waals surface area contributed by atoms with Crippen LogP contribution < -0.4 is 15.0 Å². The second kappa shape index (κ2) is 10.7. The largest absolute Gasteiger partial charge is 0.491 e. The third kappa shape index (κ3) is 5.93. The molecule has 0 unspecified atom stereocenters. The summed E-state index contributed by atoms with van der Waals surface area (Å²) < 4.78 is 62.4. The first-order valence-corrected chi connectivity index (χ1v) is 10.6. The maximum Gasteiger partial charge on any atom is 0.275 e. The average Bonchev–Trinajstić information content (AvgIpc) is 2.90. The van der Waals surface area contributed by atoms with E-state index in [1.54, 1.807) is 0 Å². The third-order valence-corrected chi connectivity index (χ3v) is 5.10. The summed E-state index contributed by atoms with van der Waals surface area (Å²) >= 11 is 0. The summed E-state index contributed by atoms with van der Waals surface area (Å²) in [6.07, 6.45) is -1.31. The molecule has 0 aliphatic carbocycles. The van der Waals surface area contributed by atoms with Gasteiger partial charge < -0.3 is 20.1 Å². The monoisotopic (exact) mass is 480 g/mol. The van der Waals surface area contributed by atoms with Crippen LogP contribution >= 0.6 is 0 Å². The van der Waals surface area contributed by atoms with Crippen LogP contribution in [0.3, 0.4) is 0 Å². The topological polar surface area (TPSA) is 78.9 Å². The molecule has 1 heterocycles. The van der Waals surface area contributed by atoms with E-state index in [4.69, 9.17) is 9.84 Å². The minimum Gasteiger partial charge on any atom is -0.491 e. The molecular weight excluding hydrogens is 456 g/mol. The van der Waals surface area contributed by atoms with Gasteiger partial charge in [0, 0.05) is 42.3 Å². The Kier molecular flexibility index (Phi) is 7.93. The maximum absolute atomic E-state index is 15.1. The molecule has 2 aromatic carbocycles. The fourth-order valence-electron chi connectivity index (χ4n) is 3.48. The molecule has 0 radical (unpaired) electrons. The summed E-state index contributed by atoms with van der Waals surface area (Å²) in [5.74, 6) is -5.49. The summed E-state index contributed by atoms with van der Waals surface area (Å²) in [5.41, 5.74) is -0.826. The Morgan fingerprint density at radius 3 is 2.59 bits per heavy atom. The van der Waals surface area contributed by atoms with E-state index < -0.39 is 48.3 Å². The minimum absolute atomic E-state index is 0.0244. The first kappa shape index (κ1) is 25.2. The summed E-state index contributed by atoms with van der Waals surface area (Å²) in [7, 11) is 0. The zero-order chi connectivity index (χ0) is 24.9. The van der Waals surface area contributed by atoms with E-state index in [0.29, 0.717) is 11.8 Å². The van der Waals surface area contributed by atoms with Crippen LogP contribution in [0.4, 0.5) is 23.2 Å². The van der Waals surface area contributed by atoms with Gasteiger partial charge in [-0.2, -0.15) is 0 Å². The second-order valence-electron chi connectivity index (χ2n) is 7.76. The van der Waals surface area contributed by atoms with E-state index in [1.807, 2.05) is 0 Å². The molecule has 6 nitrogen and oxygen atoms in total. The Morgan fingerprint density at radius 2 is 1.94 bits per heavy atom. The van der Waals surface area contributed by atoms with Gasteiger partial charge in [-0.1, -0.05) is 0 Å². The number of aliphatic hydroxyl groups is 1. The number of anilines is 1. The molecule has 0 saturated carbocycles. The van der Waals surface area contributed by atoms with Gasteiger partial charge in [0.25, 0.3) is 11.8 Å². The van der Waals surface area contributed by atoms with Crippen LogP contribution in [0.15, 0.2) is 48.5 Å². The number of nitrogens with zero attached hydrogens (tertiary/aromatic N) is 1. The predicted octanol–water partition coefficient (Wildman–Crippen LogP) is 3.74. The van der Waals surface area contributed by atoms with Gasteiger partial charge in [-0.15, -0.1) is 0 Å². The van der Waals surface area contributed by atoms with Crippen molar-refractivity contribution in [3.05, 3.63) is 65.5 Å². The Balaban J connectivity index is 1.98. The van der Waals surface area contributed by atoms with E-state index in [0.717, 1.165) is 17.0 Å². The molecule has 2 amide bonds. The van der Waals surface area contributed by atoms with Gasteiger partial charge in [0.05, 0.1) is 12.3 Å². The van der Waals surface area contributed by atoms with E-state index in [9.17, 15) is 18.4 Å². The van der Waals surface area contributed by atoms with Crippen LogP contribution in [0.2, 0.25) is 0 Å². The molecule has 0 aromatic heterocycles. The average molecular weight is 480 g/mol. The lowest BCUT2D eigenvalue weighted by molar-refractivity contribution is -0.116. The molecule has 0 bridgehead atoms. The highest BCUT2D eigenvalue weighted by Gasteiger charge is 2.41. The molecular formula is C24H24F4N2O4.